The highest BCUT2D eigenvalue weighted by Gasteiger charge is 2.29. The van der Waals surface area contributed by atoms with Crippen LogP contribution in [-0.2, 0) is 4.79 Å². The van der Waals surface area contributed by atoms with Gasteiger partial charge in [0.2, 0.25) is 5.91 Å². The van der Waals surface area contributed by atoms with Crippen molar-refractivity contribution >= 4 is 23.2 Å². The van der Waals surface area contributed by atoms with Gasteiger partial charge in [-0.25, -0.2) is 0 Å². The molecule has 0 bridgehead atoms. The molecule has 1 aliphatic rings. The first-order valence-electron chi connectivity index (χ1n) is 7.59. The Kier molecular flexibility index (Phi) is 4.79. The number of carbonyl (C=O) groups excluding carboxylic acids is 1. The van der Waals surface area contributed by atoms with E-state index in [9.17, 15) is 4.79 Å². The van der Waals surface area contributed by atoms with Crippen LogP contribution in [-0.4, -0.2) is 42.0 Å². The minimum absolute atomic E-state index is 0.313. The fraction of sp³-hybridized carbons (Fsp3) is 0.294. The number of piperazine rings is 1. The Labute approximate surface area is 140 Å². The van der Waals surface area contributed by atoms with Crippen LogP contribution < -0.4 is 10.6 Å². The number of carbonyl (C=O) groups is 1. The van der Waals surface area contributed by atoms with E-state index in [1.54, 1.807) is 12.4 Å². The van der Waals surface area contributed by atoms with Gasteiger partial charge < -0.3 is 10.6 Å². The third-order valence-corrected chi connectivity index (χ3v) is 4.45. The molecule has 5 nitrogen and oxygen atoms in total. The molecule has 0 spiro atoms. The van der Waals surface area contributed by atoms with Crippen molar-refractivity contribution in [3.63, 3.8) is 0 Å². The molecular formula is C17H19ClN4O. The molecule has 0 aliphatic carbocycles. The number of hydrogen-bond donors (Lipinski definition) is 1. The van der Waals surface area contributed by atoms with Crippen LogP contribution in [0.3, 0.4) is 0 Å². The summed E-state index contributed by atoms with van der Waals surface area (Å²) < 4.78 is 0. The second kappa shape index (κ2) is 6.98. The van der Waals surface area contributed by atoms with Gasteiger partial charge in [0.1, 0.15) is 6.04 Å². The zero-order valence-corrected chi connectivity index (χ0v) is 13.5. The first-order valence-corrected chi connectivity index (χ1v) is 7.97. The fourth-order valence-corrected chi connectivity index (χ4v) is 3.27. The average Bonchev–Trinajstić information content (AvgIpc) is 2.57. The molecule has 3 rings (SSSR count). The lowest BCUT2D eigenvalue weighted by Gasteiger charge is -2.39. The van der Waals surface area contributed by atoms with Crippen molar-refractivity contribution in [1.82, 2.24) is 9.88 Å². The highest BCUT2D eigenvalue weighted by Crippen LogP contribution is 2.27. The van der Waals surface area contributed by atoms with Crippen LogP contribution in [0.15, 0.2) is 48.8 Å². The summed E-state index contributed by atoms with van der Waals surface area (Å²) in [5, 5.41) is 0.649. The van der Waals surface area contributed by atoms with Gasteiger partial charge in [-0.2, -0.15) is 0 Å². The molecule has 23 heavy (non-hydrogen) atoms. The van der Waals surface area contributed by atoms with Gasteiger partial charge in [0.05, 0.1) is 10.7 Å². The third kappa shape index (κ3) is 3.46. The number of nitrogens with two attached hydrogens (primary N) is 1. The number of aromatic nitrogens is 1. The molecule has 2 N–H and O–H groups in total. The van der Waals surface area contributed by atoms with Gasteiger partial charge in [0, 0.05) is 38.6 Å². The molecule has 0 unspecified atom stereocenters. The molecule has 2 aromatic rings. The largest absolute Gasteiger partial charge is 0.368 e. The zero-order chi connectivity index (χ0) is 16.2. The third-order valence-electron chi connectivity index (χ3n) is 4.16. The summed E-state index contributed by atoms with van der Waals surface area (Å²) >= 11 is 6.21. The van der Waals surface area contributed by atoms with Crippen molar-refractivity contribution in [2.75, 3.05) is 31.1 Å². The van der Waals surface area contributed by atoms with Crippen molar-refractivity contribution in [3.05, 3.63) is 59.4 Å². The van der Waals surface area contributed by atoms with Crippen LogP contribution in [0, 0.1) is 0 Å². The summed E-state index contributed by atoms with van der Waals surface area (Å²) in [6, 6.07) is 11.2. The fourth-order valence-electron chi connectivity index (χ4n) is 3.04. The summed E-state index contributed by atoms with van der Waals surface area (Å²) in [5.74, 6) is -0.313. The molecule has 1 fully saturated rings. The van der Waals surface area contributed by atoms with E-state index in [2.05, 4.69) is 14.8 Å². The van der Waals surface area contributed by atoms with Gasteiger partial charge >= 0.3 is 0 Å². The lowest BCUT2D eigenvalue weighted by molar-refractivity contribution is -0.123. The van der Waals surface area contributed by atoms with E-state index in [1.165, 1.54) is 0 Å². The summed E-state index contributed by atoms with van der Waals surface area (Å²) in [4.78, 5) is 20.3. The van der Waals surface area contributed by atoms with Crippen molar-refractivity contribution < 1.29 is 4.79 Å². The number of halogens is 1. The molecule has 120 valence electrons. The second-order valence-corrected chi connectivity index (χ2v) is 5.97. The van der Waals surface area contributed by atoms with Crippen LogP contribution in [0.5, 0.6) is 0 Å². The number of pyridine rings is 1. The normalized spacial score (nSPS) is 17.0. The summed E-state index contributed by atoms with van der Waals surface area (Å²) in [6.07, 6.45) is 3.39. The van der Waals surface area contributed by atoms with Crippen LogP contribution in [0.4, 0.5) is 5.69 Å². The molecule has 1 aromatic heterocycles. The predicted molar refractivity (Wildman–Crippen MR) is 91.4 cm³/mol. The SMILES string of the molecule is NC(=O)[C@@H](c1ccccc1)N1CCN(c2ccncc2Cl)CC1. The highest BCUT2D eigenvalue weighted by atomic mass is 35.5. The number of rotatable bonds is 4. The molecule has 2 heterocycles. The van der Waals surface area contributed by atoms with E-state index in [1.807, 2.05) is 36.4 Å². The van der Waals surface area contributed by atoms with Gasteiger partial charge in [-0.05, 0) is 11.6 Å². The van der Waals surface area contributed by atoms with Gasteiger partial charge in [0.25, 0.3) is 0 Å². The lowest BCUT2D eigenvalue weighted by atomic mass is 10.0. The van der Waals surface area contributed by atoms with E-state index in [0.29, 0.717) is 5.02 Å². The Bertz CT molecular complexity index is 671. The number of benzene rings is 1. The van der Waals surface area contributed by atoms with E-state index < -0.39 is 0 Å². The van der Waals surface area contributed by atoms with Gasteiger partial charge in [0.15, 0.2) is 0 Å². The molecular weight excluding hydrogens is 312 g/mol. The minimum atomic E-state index is -0.383. The predicted octanol–water partition coefficient (Wildman–Crippen LogP) is 2.08. The Morgan fingerprint density at radius 2 is 1.83 bits per heavy atom. The lowest BCUT2D eigenvalue weighted by Crippen LogP contribution is -2.50. The van der Waals surface area contributed by atoms with Crippen molar-refractivity contribution in [1.29, 1.82) is 0 Å². The van der Waals surface area contributed by atoms with E-state index in [0.717, 1.165) is 37.4 Å². The van der Waals surface area contributed by atoms with Gasteiger partial charge in [-0.3, -0.25) is 14.7 Å². The highest BCUT2D eigenvalue weighted by molar-refractivity contribution is 6.33. The monoisotopic (exact) mass is 330 g/mol. The zero-order valence-electron chi connectivity index (χ0n) is 12.7. The first kappa shape index (κ1) is 15.8. The topological polar surface area (TPSA) is 62.5 Å². The molecule has 1 atom stereocenters. The average molecular weight is 331 g/mol. The number of anilines is 1. The summed E-state index contributed by atoms with van der Waals surface area (Å²) in [7, 11) is 0. The standard InChI is InChI=1S/C17H19ClN4O/c18-14-12-20-7-6-15(14)21-8-10-22(11-9-21)16(17(19)23)13-4-2-1-3-5-13/h1-7,12,16H,8-11H2,(H2,19,23)/t16-/m1/s1. The first-order chi connectivity index (χ1) is 11.2. The quantitative estimate of drug-likeness (QED) is 0.932. The maximum atomic E-state index is 11.9. The van der Waals surface area contributed by atoms with Crippen molar-refractivity contribution in [3.8, 4) is 0 Å². The maximum absolute atomic E-state index is 11.9. The van der Waals surface area contributed by atoms with Crippen LogP contribution in [0.2, 0.25) is 5.02 Å². The van der Waals surface area contributed by atoms with E-state index >= 15 is 0 Å². The molecule has 0 radical (unpaired) electrons. The van der Waals surface area contributed by atoms with Crippen molar-refractivity contribution in [2.45, 2.75) is 6.04 Å². The van der Waals surface area contributed by atoms with Crippen LogP contribution in [0.1, 0.15) is 11.6 Å². The Hall–Kier alpha value is -2.11. The smallest absolute Gasteiger partial charge is 0.239 e. The van der Waals surface area contributed by atoms with Gasteiger partial charge in [-0.1, -0.05) is 41.9 Å². The summed E-state index contributed by atoms with van der Waals surface area (Å²) in [5.41, 5.74) is 7.57. The van der Waals surface area contributed by atoms with E-state index in [-0.39, 0.29) is 11.9 Å². The number of primary amides is 1. The Balaban J connectivity index is 1.72. The minimum Gasteiger partial charge on any atom is -0.368 e. The maximum Gasteiger partial charge on any atom is 0.239 e. The number of nitrogens with zero attached hydrogens (tertiary/aromatic N) is 3. The Morgan fingerprint density at radius 3 is 2.43 bits per heavy atom. The van der Waals surface area contributed by atoms with Crippen molar-refractivity contribution in [2.24, 2.45) is 5.73 Å². The molecule has 1 saturated heterocycles. The van der Waals surface area contributed by atoms with Gasteiger partial charge in [-0.15, -0.1) is 0 Å². The van der Waals surface area contributed by atoms with Crippen LogP contribution >= 0.6 is 11.6 Å². The molecule has 1 amide bonds. The number of hydrogen-bond acceptors (Lipinski definition) is 4. The number of amides is 1. The van der Waals surface area contributed by atoms with E-state index in [4.69, 9.17) is 17.3 Å². The molecule has 1 aromatic carbocycles. The van der Waals surface area contributed by atoms with Crippen LogP contribution in [0.25, 0.3) is 0 Å². The molecule has 1 aliphatic heterocycles. The molecule has 0 saturated carbocycles. The second-order valence-electron chi connectivity index (χ2n) is 5.57. The summed E-state index contributed by atoms with van der Waals surface area (Å²) in [6.45, 7) is 3.09. The Morgan fingerprint density at radius 1 is 1.13 bits per heavy atom. The molecule has 6 heteroatoms.